The molecule has 3 nitrogen and oxygen atoms in total. The second-order valence-corrected chi connectivity index (χ2v) is 3.61. The lowest BCUT2D eigenvalue weighted by molar-refractivity contribution is 0.0521. The molecule has 1 rings (SSSR count). The fraction of sp³-hybridized carbons (Fsp3) is 0.462. The van der Waals surface area contributed by atoms with Crippen LogP contribution < -0.4 is 4.74 Å². The van der Waals surface area contributed by atoms with E-state index in [4.69, 9.17) is 9.47 Å². The Hall–Kier alpha value is -1.51. The number of rotatable bonds is 4. The maximum Gasteiger partial charge on any atom is 0.341 e. The summed E-state index contributed by atoms with van der Waals surface area (Å²) < 4.78 is 10.5. The van der Waals surface area contributed by atoms with Crippen molar-refractivity contribution in [2.45, 2.75) is 27.7 Å². The lowest BCUT2D eigenvalue weighted by Crippen LogP contribution is -2.09. The van der Waals surface area contributed by atoms with Gasteiger partial charge in [-0.15, -0.1) is 0 Å². The van der Waals surface area contributed by atoms with Crippen LogP contribution in [-0.2, 0) is 4.74 Å². The molecule has 0 spiro atoms. The maximum atomic E-state index is 11.7. The number of hydrogen-bond donors (Lipinski definition) is 0. The Morgan fingerprint density at radius 3 is 2.44 bits per heavy atom. The molecule has 0 saturated heterocycles. The molecule has 3 heteroatoms. The SMILES string of the molecule is CCOC(=O)c1cc(C)cc(C)c1OCC. The van der Waals surface area contributed by atoms with E-state index in [1.54, 1.807) is 13.0 Å². The highest BCUT2D eigenvalue weighted by atomic mass is 16.5. The first-order chi connectivity index (χ1) is 7.60. The zero-order chi connectivity index (χ0) is 12.1. The lowest BCUT2D eigenvalue weighted by atomic mass is 10.1. The summed E-state index contributed by atoms with van der Waals surface area (Å²) in [6.45, 7) is 8.48. The summed E-state index contributed by atoms with van der Waals surface area (Å²) in [5.74, 6) is 0.310. The average molecular weight is 222 g/mol. The Balaban J connectivity index is 3.17. The van der Waals surface area contributed by atoms with Crippen molar-refractivity contribution in [1.82, 2.24) is 0 Å². The molecule has 0 bridgehead atoms. The molecule has 16 heavy (non-hydrogen) atoms. The molecule has 0 fully saturated rings. The van der Waals surface area contributed by atoms with Gasteiger partial charge < -0.3 is 9.47 Å². The zero-order valence-electron chi connectivity index (χ0n) is 10.3. The predicted octanol–water partition coefficient (Wildman–Crippen LogP) is 2.88. The fourth-order valence-corrected chi connectivity index (χ4v) is 1.65. The summed E-state index contributed by atoms with van der Waals surface area (Å²) in [7, 11) is 0. The van der Waals surface area contributed by atoms with Crippen molar-refractivity contribution in [3.63, 3.8) is 0 Å². The monoisotopic (exact) mass is 222 g/mol. The number of aryl methyl sites for hydroxylation is 2. The van der Waals surface area contributed by atoms with Crippen LogP contribution in [0, 0.1) is 13.8 Å². The van der Waals surface area contributed by atoms with E-state index in [9.17, 15) is 4.79 Å². The second-order valence-electron chi connectivity index (χ2n) is 3.61. The van der Waals surface area contributed by atoms with E-state index < -0.39 is 0 Å². The van der Waals surface area contributed by atoms with Crippen molar-refractivity contribution < 1.29 is 14.3 Å². The molecule has 0 saturated carbocycles. The van der Waals surface area contributed by atoms with E-state index in [0.29, 0.717) is 24.5 Å². The van der Waals surface area contributed by atoms with Gasteiger partial charge in [-0.25, -0.2) is 4.79 Å². The molecule has 0 radical (unpaired) electrons. The number of ether oxygens (including phenoxy) is 2. The molecule has 0 aliphatic carbocycles. The van der Waals surface area contributed by atoms with Crippen molar-refractivity contribution in [2.24, 2.45) is 0 Å². The summed E-state index contributed by atoms with van der Waals surface area (Å²) in [6, 6.07) is 3.80. The van der Waals surface area contributed by atoms with Crippen LogP contribution in [0.15, 0.2) is 12.1 Å². The van der Waals surface area contributed by atoms with Gasteiger partial charge in [0.25, 0.3) is 0 Å². The van der Waals surface area contributed by atoms with Crippen molar-refractivity contribution in [2.75, 3.05) is 13.2 Å². The zero-order valence-corrected chi connectivity index (χ0v) is 10.3. The summed E-state index contributed by atoms with van der Waals surface area (Å²) in [5, 5.41) is 0. The quantitative estimate of drug-likeness (QED) is 0.735. The standard InChI is InChI=1S/C13H18O3/c1-5-15-12-10(4)7-9(3)8-11(12)13(14)16-6-2/h7-8H,5-6H2,1-4H3. The highest BCUT2D eigenvalue weighted by molar-refractivity contribution is 5.93. The third-order valence-electron chi connectivity index (χ3n) is 2.20. The van der Waals surface area contributed by atoms with Gasteiger partial charge in [0.1, 0.15) is 11.3 Å². The normalized spacial score (nSPS) is 10.0. The average Bonchev–Trinajstić information content (AvgIpc) is 2.22. The number of benzene rings is 1. The largest absolute Gasteiger partial charge is 0.493 e. The van der Waals surface area contributed by atoms with Gasteiger partial charge in [0.2, 0.25) is 0 Å². The molecule has 0 unspecified atom stereocenters. The minimum absolute atomic E-state index is 0.322. The minimum atomic E-state index is -0.322. The minimum Gasteiger partial charge on any atom is -0.493 e. The topological polar surface area (TPSA) is 35.5 Å². The number of hydrogen-bond acceptors (Lipinski definition) is 3. The molecular formula is C13H18O3. The van der Waals surface area contributed by atoms with Crippen molar-refractivity contribution in [3.05, 3.63) is 28.8 Å². The van der Waals surface area contributed by atoms with Gasteiger partial charge in [-0.1, -0.05) is 6.07 Å². The summed E-state index contributed by atoms with van der Waals surface area (Å²) in [4.78, 5) is 11.7. The second kappa shape index (κ2) is 5.54. The smallest absolute Gasteiger partial charge is 0.341 e. The third kappa shape index (κ3) is 2.75. The van der Waals surface area contributed by atoms with Gasteiger partial charge in [0, 0.05) is 0 Å². The number of carbonyl (C=O) groups is 1. The molecule has 1 aromatic carbocycles. The molecule has 0 aromatic heterocycles. The van der Waals surface area contributed by atoms with E-state index in [2.05, 4.69) is 0 Å². The summed E-state index contributed by atoms with van der Waals surface area (Å²) in [5.41, 5.74) is 2.51. The molecule has 88 valence electrons. The molecule has 0 aliphatic rings. The Bertz CT molecular complexity index is 383. The Labute approximate surface area is 96.4 Å². The molecule has 1 aromatic rings. The first-order valence-electron chi connectivity index (χ1n) is 5.51. The van der Waals surface area contributed by atoms with E-state index in [-0.39, 0.29) is 5.97 Å². The molecular weight excluding hydrogens is 204 g/mol. The van der Waals surface area contributed by atoms with Crippen LogP contribution in [0.4, 0.5) is 0 Å². The van der Waals surface area contributed by atoms with E-state index in [1.807, 2.05) is 26.8 Å². The van der Waals surface area contributed by atoms with Crippen LogP contribution in [0.5, 0.6) is 5.75 Å². The Morgan fingerprint density at radius 2 is 1.88 bits per heavy atom. The highest BCUT2D eigenvalue weighted by Gasteiger charge is 2.16. The molecule has 0 N–H and O–H groups in total. The van der Waals surface area contributed by atoms with Crippen molar-refractivity contribution in [3.8, 4) is 5.75 Å². The highest BCUT2D eigenvalue weighted by Crippen LogP contribution is 2.26. The van der Waals surface area contributed by atoms with Gasteiger partial charge in [-0.3, -0.25) is 0 Å². The van der Waals surface area contributed by atoms with Crippen LogP contribution in [0.3, 0.4) is 0 Å². The van der Waals surface area contributed by atoms with Crippen LogP contribution in [0.2, 0.25) is 0 Å². The van der Waals surface area contributed by atoms with Crippen LogP contribution in [-0.4, -0.2) is 19.2 Å². The van der Waals surface area contributed by atoms with Gasteiger partial charge >= 0.3 is 5.97 Å². The molecule has 0 heterocycles. The number of esters is 1. The van der Waals surface area contributed by atoms with Crippen LogP contribution in [0.25, 0.3) is 0 Å². The van der Waals surface area contributed by atoms with E-state index >= 15 is 0 Å². The van der Waals surface area contributed by atoms with Crippen LogP contribution >= 0.6 is 0 Å². The van der Waals surface area contributed by atoms with Gasteiger partial charge in [-0.05, 0) is 44.9 Å². The van der Waals surface area contributed by atoms with E-state index in [1.165, 1.54) is 0 Å². The first-order valence-corrected chi connectivity index (χ1v) is 5.51. The lowest BCUT2D eigenvalue weighted by Gasteiger charge is -2.13. The van der Waals surface area contributed by atoms with Gasteiger partial charge in [0.05, 0.1) is 13.2 Å². The fourth-order valence-electron chi connectivity index (χ4n) is 1.65. The maximum absolute atomic E-state index is 11.7. The molecule has 0 atom stereocenters. The predicted molar refractivity (Wildman–Crippen MR) is 63.0 cm³/mol. The Kier molecular flexibility index (Phi) is 4.35. The Morgan fingerprint density at radius 1 is 1.19 bits per heavy atom. The third-order valence-corrected chi connectivity index (χ3v) is 2.20. The van der Waals surface area contributed by atoms with Gasteiger partial charge in [0.15, 0.2) is 0 Å². The van der Waals surface area contributed by atoms with Crippen LogP contribution in [0.1, 0.15) is 35.3 Å². The summed E-state index contributed by atoms with van der Waals surface area (Å²) in [6.07, 6.45) is 0. The first kappa shape index (κ1) is 12.6. The van der Waals surface area contributed by atoms with Gasteiger partial charge in [-0.2, -0.15) is 0 Å². The molecule has 0 aliphatic heterocycles. The molecule has 0 amide bonds. The van der Waals surface area contributed by atoms with E-state index in [0.717, 1.165) is 11.1 Å². The number of carbonyl (C=O) groups excluding carboxylic acids is 1. The van der Waals surface area contributed by atoms with Crippen molar-refractivity contribution in [1.29, 1.82) is 0 Å². The summed E-state index contributed by atoms with van der Waals surface area (Å²) >= 11 is 0. The van der Waals surface area contributed by atoms with Crippen molar-refractivity contribution >= 4 is 5.97 Å².